The van der Waals surface area contributed by atoms with Crippen LogP contribution in [0.25, 0.3) is 22.3 Å². The van der Waals surface area contributed by atoms with Crippen LogP contribution in [0, 0.1) is 19.3 Å². The van der Waals surface area contributed by atoms with Gasteiger partial charge in [0.05, 0.1) is 18.0 Å². The molecule has 0 unspecified atom stereocenters. The largest absolute Gasteiger partial charge is 0.331 e. The standard InChI is InChI=1S/C26H35N2/c1-17-12-21(26(6,7)8)14-22(18(17)2)24-27-23-11-10-19(15-25(3,4)5)13-20(23)16-28(24)9/h10-14,16H,15H2,1-9H3/q+1. The van der Waals surface area contributed by atoms with Gasteiger partial charge in [-0.3, -0.25) is 0 Å². The van der Waals surface area contributed by atoms with E-state index in [9.17, 15) is 0 Å². The highest BCUT2D eigenvalue weighted by Crippen LogP contribution is 2.31. The van der Waals surface area contributed by atoms with Crippen molar-refractivity contribution in [3.05, 3.63) is 58.8 Å². The average molecular weight is 376 g/mol. The molecule has 3 aromatic rings. The Kier molecular flexibility index (Phi) is 5.12. The first-order valence-electron chi connectivity index (χ1n) is 10.3. The number of benzene rings is 2. The Morgan fingerprint density at radius 2 is 1.61 bits per heavy atom. The fourth-order valence-corrected chi connectivity index (χ4v) is 3.77. The molecule has 148 valence electrons. The highest BCUT2D eigenvalue weighted by molar-refractivity contribution is 5.79. The molecular formula is C26H35N2+. The van der Waals surface area contributed by atoms with Crippen molar-refractivity contribution in [2.75, 3.05) is 0 Å². The Balaban J connectivity index is 2.16. The maximum Gasteiger partial charge on any atom is 0.331 e. The van der Waals surface area contributed by atoms with E-state index in [1.54, 1.807) is 0 Å². The van der Waals surface area contributed by atoms with Crippen LogP contribution in [-0.2, 0) is 18.9 Å². The monoisotopic (exact) mass is 375 g/mol. The second kappa shape index (κ2) is 6.99. The highest BCUT2D eigenvalue weighted by atomic mass is 15.0. The molecule has 0 saturated heterocycles. The Morgan fingerprint density at radius 1 is 0.929 bits per heavy atom. The Bertz CT molecular complexity index is 1030. The molecule has 1 aromatic heterocycles. The number of aromatic nitrogens is 2. The van der Waals surface area contributed by atoms with E-state index in [0.29, 0.717) is 0 Å². The van der Waals surface area contributed by atoms with Gasteiger partial charge in [0.25, 0.3) is 0 Å². The fraction of sp³-hybridized carbons (Fsp3) is 0.462. The van der Waals surface area contributed by atoms with Crippen LogP contribution in [0.15, 0.2) is 36.5 Å². The molecule has 0 N–H and O–H groups in total. The summed E-state index contributed by atoms with van der Waals surface area (Å²) in [6.45, 7) is 18.1. The van der Waals surface area contributed by atoms with Crippen LogP contribution in [0.3, 0.4) is 0 Å². The van der Waals surface area contributed by atoms with E-state index in [2.05, 4.69) is 104 Å². The molecule has 1 heterocycles. The molecular weight excluding hydrogens is 340 g/mol. The molecule has 0 spiro atoms. The third kappa shape index (κ3) is 4.27. The molecule has 2 aromatic carbocycles. The minimum atomic E-state index is 0.116. The number of nitrogens with zero attached hydrogens (tertiary/aromatic N) is 2. The molecule has 0 radical (unpaired) electrons. The Labute approximate surface area is 170 Å². The second-order valence-electron chi connectivity index (χ2n) is 10.5. The van der Waals surface area contributed by atoms with E-state index < -0.39 is 0 Å². The predicted molar refractivity (Wildman–Crippen MR) is 120 cm³/mol. The lowest BCUT2D eigenvalue weighted by molar-refractivity contribution is -0.661. The van der Waals surface area contributed by atoms with Gasteiger partial charge in [0.2, 0.25) is 0 Å². The van der Waals surface area contributed by atoms with Gasteiger partial charge in [-0.25, -0.2) is 4.57 Å². The van der Waals surface area contributed by atoms with Crippen molar-refractivity contribution in [1.29, 1.82) is 0 Å². The smallest absolute Gasteiger partial charge is 0.232 e. The van der Waals surface area contributed by atoms with Crippen LogP contribution < -0.4 is 4.57 Å². The van der Waals surface area contributed by atoms with Gasteiger partial charge in [-0.05, 0) is 76.5 Å². The number of hydrogen-bond donors (Lipinski definition) is 0. The molecule has 0 aliphatic carbocycles. The van der Waals surface area contributed by atoms with Gasteiger partial charge in [0, 0.05) is 0 Å². The van der Waals surface area contributed by atoms with Crippen molar-refractivity contribution in [2.45, 2.75) is 67.2 Å². The summed E-state index contributed by atoms with van der Waals surface area (Å²) in [5.74, 6) is 1.03. The summed E-state index contributed by atoms with van der Waals surface area (Å²) in [7, 11) is 2.11. The van der Waals surface area contributed by atoms with Crippen LogP contribution in [0.1, 0.15) is 63.8 Å². The van der Waals surface area contributed by atoms with Crippen LogP contribution in [0.4, 0.5) is 0 Å². The van der Waals surface area contributed by atoms with E-state index in [1.807, 2.05) is 0 Å². The quantitative estimate of drug-likeness (QED) is 0.485. The van der Waals surface area contributed by atoms with Gasteiger partial charge in [-0.15, -0.1) is 0 Å². The minimum absolute atomic E-state index is 0.116. The molecule has 0 aliphatic heterocycles. The summed E-state index contributed by atoms with van der Waals surface area (Å²) in [6, 6.07) is 11.3. The van der Waals surface area contributed by atoms with Gasteiger partial charge in [0.15, 0.2) is 5.52 Å². The van der Waals surface area contributed by atoms with E-state index in [1.165, 1.54) is 33.2 Å². The van der Waals surface area contributed by atoms with Gasteiger partial charge < -0.3 is 0 Å². The number of fused-ring (bicyclic) bond motifs is 1. The maximum absolute atomic E-state index is 5.07. The third-order valence-corrected chi connectivity index (χ3v) is 5.49. The minimum Gasteiger partial charge on any atom is -0.232 e. The molecule has 0 saturated carbocycles. The van der Waals surface area contributed by atoms with E-state index >= 15 is 0 Å². The molecule has 0 atom stereocenters. The van der Waals surface area contributed by atoms with Crippen molar-refractivity contribution in [3.8, 4) is 11.4 Å². The molecule has 0 fully saturated rings. The first-order valence-corrected chi connectivity index (χ1v) is 10.3. The summed E-state index contributed by atoms with van der Waals surface area (Å²) in [5, 5.41) is 1.20. The molecule has 0 bridgehead atoms. The lowest BCUT2D eigenvalue weighted by Crippen LogP contribution is -2.32. The van der Waals surface area contributed by atoms with Crippen LogP contribution in [0.5, 0.6) is 0 Å². The van der Waals surface area contributed by atoms with Gasteiger partial charge in [0.1, 0.15) is 6.20 Å². The first kappa shape index (κ1) is 20.5. The lowest BCUT2D eigenvalue weighted by atomic mass is 9.83. The summed E-state index contributed by atoms with van der Waals surface area (Å²) in [6.07, 6.45) is 3.29. The van der Waals surface area contributed by atoms with Crippen molar-refractivity contribution in [2.24, 2.45) is 12.5 Å². The van der Waals surface area contributed by atoms with Crippen LogP contribution >= 0.6 is 0 Å². The number of hydrogen-bond acceptors (Lipinski definition) is 1. The average Bonchev–Trinajstić information content (AvgIpc) is 2.54. The topological polar surface area (TPSA) is 16.8 Å². The Hall–Kier alpha value is -2.22. The van der Waals surface area contributed by atoms with Crippen molar-refractivity contribution in [1.82, 2.24) is 4.98 Å². The zero-order valence-electron chi connectivity index (χ0n) is 19.1. The summed E-state index contributed by atoms with van der Waals surface area (Å²) < 4.78 is 2.18. The summed E-state index contributed by atoms with van der Waals surface area (Å²) in [5.41, 5.74) is 8.04. The van der Waals surface area contributed by atoms with Crippen molar-refractivity contribution >= 4 is 10.9 Å². The Morgan fingerprint density at radius 3 is 2.21 bits per heavy atom. The second-order valence-corrected chi connectivity index (χ2v) is 10.5. The molecule has 2 heteroatoms. The number of rotatable bonds is 2. The normalized spacial score (nSPS) is 12.6. The molecule has 0 amide bonds. The third-order valence-electron chi connectivity index (χ3n) is 5.49. The first-order chi connectivity index (χ1) is 12.8. The summed E-state index contributed by atoms with van der Waals surface area (Å²) >= 11 is 0. The molecule has 3 rings (SSSR count). The van der Waals surface area contributed by atoms with E-state index in [4.69, 9.17) is 4.98 Å². The van der Waals surface area contributed by atoms with Gasteiger partial charge in [-0.2, -0.15) is 0 Å². The maximum atomic E-state index is 5.07. The highest BCUT2D eigenvalue weighted by Gasteiger charge is 2.23. The van der Waals surface area contributed by atoms with Crippen molar-refractivity contribution < 1.29 is 4.57 Å². The fourth-order valence-electron chi connectivity index (χ4n) is 3.77. The number of aryl methyl sites for hydroxylation is 2. The van der Waals surface area contributed by atoms with E-state index in [-0.39, 0.29) is 10.8 Å². The van der Waals surface area contributed by atoms with Gasteiger partial charge >= 0.3 is 5.82 Å². The molecule has 0 aliphatic rings. The zero-order chi connectivity index (χ0) is 20.9. The molecule has 28 heavy (non-hydrogen) atoms. The molecule has 2 nitrogen and oxygen atoms in total. The van der Waals surface area contributed by atoms with Crippen LogP contribution in [0.2, 0.25) is 0 Å². The van der Waals surface area contributed by atoms with E-state index in [0.717, 1.165) is 17.8 Å². The zero-order valence-corrected chi connectivity index (χ0v) is 19.1. The van der Waals surface area contributed by atoms with Crippen LogP contribution in [-0.4, -0.2) is 4.98 Å². The van der Waals surface area contributed by atoms with Crippen molar-refractivity contribution in [3.63, 3.8) is 0 Å². The summed E-state index contributed by atoms with van der Waals surface area (Å²) in [4.78, 5) is 5.07. The van der Waals surface area contributed by atoms with Gasteiger partial charge in [-0.1, -0.05) is 53.7 Å². The lowest BCUT2D eigenvalue weighted by Gasteiger charge is -2.21. The predicted octanol–water partition coefficient (Wildman–Crippen LogP) is 6.23. The SMILES string of the molecule is Cc1cc(C(C)(C)C)cc(-c2nc3ccc(CC(C)(C)C)cc3c[n+]2C)c1C.